The van der Waals surface area contributed by atoms with Gasteiger partial charge in [0.1, 0.15) is 36.8 Å². The highest BCUT2D eigenvalue weighted by atomic mass is 16.5. The van der Waals surface area contributed by atoms with Gasteiger partial charge in [0, 0.05) is 7.05 Å². The molecule has 1 aliphatic rings. The van der Waals surface area contributed by atoms with Gasteiger partial charge in [0.25, 0.3) is 0 Å². The predicted molar refractivity (Wildman–Crippen MR) is 180 cm³/mol. The Hall–Kier alpha value is -3.26. The van der Waals surface area contributed by atoms with Crippen LogP contribution in [0.15, 0.2) is 0 Å². The number of carbonyl (C=O) groups excluding carboxylic acids is 6. The molecule has 0 saturated carbocycles. The fourth-order valence-electron chi connectivity index (χ4n) is 5.66. The molecule has 0 aromatic rings. The van der Waals surface area contributed by atoms with Crippen LogP contribution in [-0.4, -0.2) is 108 Å². The summed E-state index contributed by atoms with van der Waals surface area (Å²) >= 11 is 0. The Balaban J connectivity index is 3.40. The highest BCUT2D eigenvalue weighted by Gasteiger charge is 2.37. The third-order valence-corrected chi connectivity index (χ3v) is 9.08. The first kappa shape index (κ1) is 42.8. The molecule has 0 aliphatic carbocycles. The third kappa shape index (κ3) is 14.1. The van der Waals surface area contributed by atoms with E-state index in [0.717, 1.165) is 25.7 Å². The van der Waals surface area contributed by atoms with Crippen molar-refractivity contribution in [3.05, 3.63) is 0 Å². The summed E-state index contributed by atoms with van der Waals surface area (Å²) in [6.07, 6.45) is 9.32. The lowest BCUT2D eigenvalue weighted by atomic mass is 9.95. The molecule has 0 spiro atoms. The van der Waals surface area contributed by atoms with E-state index in [0.29, 0.717) is 32.1 Å². The van der Waals surface area contributed by atoms with Gasteiger partial charge in [-0.05, 0) is 25.2 Å². The first-order valence-corrected chi connectivity index (χ1v) is 17.7. The normalized spacial score (nSPS) is 26.3. The summed E-state index contributed by atoms with van der Waals surface area (Å²) in [5, 5.41) is 29.5. The maximum atomic E-state index is 13.9. The highest BCUT2D eigenvalue weighted by Crippen LogP contribution is 2.21. The molecule has 0 radical (unpaired) electrons. The number of nitrogens with zero attached hydrogens (tertiary/aromatic N) is 1. The summed E-state index contributed by atoms with van der Waals surface area (Å²) in [5.41, 5.74) is 0. The zero-order valence-corrected chi connectivity index (χ0v) is 29.8. The molecule has 7 atom stereocenters. The number of ether oxygens (including phenoxy) is 1. The van der Waals surface area contributed by atoms with Crippen LogP contribution in [0.25, 0.3) is 0 Å². The Bertz CT molecular complexity index is 1040. The lowest BCUT2D eigenvalue weighted by molar-refractivity contribution is -0.157. The molecule has 1 fully saturated rings. The lowest BCUT2D eigenvalue weighted by Crippen LogP contribution is -2.61. The van der Waals surface area contributed by atoms with Gasteiger partial charge in [0.2, 0.25) is 29.5 Å². The van der Waals surface area contributed by atoms with E-state index in [-0.39, 0.29) is 5.92 Å². The van der Waals surface area contributed by atoms with Crippen molar-refractivity contribution in [3.63, 3.8) is 0 Å². The van der Waals surface area contributed by atoms with Crippen LogP contribution in [0.3, 0.4) is 0 Å². The minimum Gasteiger partial charge on any atom is -0.460 e. The van der Waals surface area contributed by atoms with E-state index in [2.05, 4.69) is 28.2 Å². The van der Waals surface area contributed by atoms with Gasteiger partial charge in [-0.15, -0.1) is 0 Å². The molecule has 0 aromatic heterocycles. The number of likely N-dealkylation sites (N-methyl/N-ethyl adjacent to an activating group) is 1. The lowest BCUT2D eigenvalue weighted by Gasteiger charge is -2.34. The van der Waals surface area contributed by atoms with Crippen LogP contribution in [-0.2, 0) is 33.5 Å². The quantitative estimate of drug-likeness (QED) is 0.109. The molecule has 6 N–H and O–H groups in total. The summed E-state index contributed by atoms with van der Waals surface area (Å²) < 4.78 is 5.74. The van der Waals surface area contributed by atoms with Crippen LogP contribution < -0.4 is 21.3 Å². The fourth-order valence-corrected chi connectivity index (χ4v) is 5.66. The molecule has 0 aromatic carbocycles. The largest absolute Gasteiger partial charge is 0.460 e. The SMILES string of the molecule is CCCCCCCCCC[C@H]1OC(=O)CNC(=O)[C@H](CO)NC(=O)[C@H](CO)NC(=O)[C@H]([C@@H](C)CC)NC(=O)[C@H](CCC)N(C)C(=O)[C@@H]1C. The minimum atomic E-state index is -1.51. The van der Waals surface area contributed by atoms with Crippen molar-refractivity contribution in [2.24, 2.45) is 11.8 Å². The molecule has 0 unspecified atom stereocenters. The van der Waals surface area contributed by atoms with Crippen LogP contribution in [0.5, 0.6) is 0 Å². The maximum absolute atomic E-state index is 13.9. The van der Waals surface area contributed by atoms with E-state index in [9.17, 15) is 39.0 Å². The standard InChI is InChI=1S/C34H61N5O9/c1-7-10-11-12-13-14-15-16-18-27-23(5)34(47)39(6)26(17-8-2)32(45)38-29(22(4)9-3)33(46)37-25(21-41)31(44)36-24(20-40)30(43)35-19-28(42)48-27/h22-27,29,40-41H,7-21H2,1-6H3,(H,35,43)(H,36,44)(H,37,46)(H,38,45)/t22-,23+,24-,25-,26-,27+,29-/m0/s1. The molecule has 0 bridgehead atoms. The molecule has 1 heterocycles. The van der Waals surface area contributed by atoms with Crippen molar-refractivity contribution in [1.29, 1.82) is 0 Å². The smallest absolute Gasteiger partial charge is 0.325 e. The number of amides is 5. The average molecular weight is 684 g/mol. The van der Waals surface area contributed by atoms with Gasteiger partial charge in [0.05, 0.1) is 19.1 Å². The Morgan fingerprint density at radius 3 is 1.88 bits per heavy atom. The third-order valence-electron chi connectivity index (χ3n) is 9.08. The van der Waals surface area contributed by atoms with Gasteiger partial charge < -0.3 is 41.1 Å². The number of cyclic esters (lactones) is 1. The average Bonchev–Trinajstić information content (AvgIpc) is 3.08. The molecule has 48 heavy (non-hydrogen) atoms. The molecule has 276 valence electrons. The molecule has 14 heteroatoms. The van der Waals surface area contributed by atoms with Gasteiger partial charge >= 0.3 is 5.97 Å². The number of aliphatic hydroxyl groups excluding tert-OH is 2. The first-order valence-electron chi connectivity index (χ1n) is 17.7. The van der Waals surface area contributed by atoms with Crippen LogP contribution in [0.4, 0.5) is 0 Å². The Labute approximate surface area is 285 Å². The van der Waals surface area contributed by atoms with Gasteiger partial charge in [-0.25, -0.2) is 0 Å². The van der Waals surface area contributed by atoms with Gasteiger partial charge in [-0.2, -0.15) is 0 Å². The van der Waals surface area contributed by atoms with Crippen molar-refractivity contribution >= 4 is 35.5 Å². The monoisotopic (exact) mass is 683 g/mol. The molecule has 1 rings (SSSR count). The minimum absolute atomic E-state index is 0.300. The maximum Gasteiger partial charge on any atom is 0.325 e. The van der Waals surface area contributed by atoms with E-state index < -0.39 is 91.5 Å². The van der Waals surface area contributed by atoms with E-state index >= 15 is 0 Å². The van der Waals surface area contributed by atoms with Crippen LogP contribution >= 0.6 is 0 Å². The number of hydrogen-bond donors (Lipinski definition) is 6. The Morgan fingerprint density at radius 1 is 0.750 bits per heavy atom. The number of esters is 1. The Kier molecular flexibility index (Phi) is 20.6. The predicted octanol–water partition coefficient (Wildman–Crippen LogP) is 1.31. The van der Waals surface area contributed by atoms with Crippen molar-refractivity contribution in [3.8, 4) is 0 Å². The number of nitrogens with one attached hydrogen (secondary N) is 4. The van der Waals surface area contributed by atoms with E-state index in [4.69, 9.17) is 4.74 Å². The van der Waals surface area contributed by atoms with Crippen LogP contribution in [0, 0.1) is 11.8 Å². The van der Waals surface area contributed by atoms with Crippen molar-refractivity contribution in [1.82, 2.24) is 26.2 Å². The molecule has 1 aliphatic heterocycles. The second kappa shape index (κ2) is 23.2. The molecular formula is C34H61N5O9. The van der Waals surface area contributed by atoms with Crippen molar-refractivity contribution in [2.75, 3.05) is 26.8 Å². The summed E-state index contributed by atoms with van der Waals surface area (Å²) in [6.45, 7) is 7.00. The Morgan fingerprint density at radius 2 is 1.31 bits per heavy atom. The second-order valence-electron chi connectivity index (χ2n) is 12.9. The molecule has 5 amide bonds. The summed E-state index contributed by atoms with van der Waals surface area (Å²) in [5.74, 6) is -5.58. The number of aliphatic hydroxyl groups is 2. The first-order chi connectivity index (χ1) is 22.9. The molecule has 14 nitrogen and oxygen atoms in total. The van der Waals surface area contributed by atoms with Crippen molar-refractivity contribution in [2.45, 2.75) is 142 Å². The topological polar surface area (TPSA) is 203 Å². The second-order valence-corrected chi connectivity index (χ2v) is 12.9. The summed E-state index contributed by atoms with van der Waals surface area (Å²) in [7, 11) is 1.51. The number of rotatable bonds is 15. The zero-order valence-electron chi connectivity index (χ0n) is 29.8. The van der Waals surface area contributed by atoms with Crippen LogP contribution in [0.2, 0.25) is 0 Å². The van der Waals surface area contributed by atoms with Gasteiger partial charge in [-0.1, -0.05) is 92.4 Å². The van der Waals surface area contributed by atoms with Gasteiger partial charge in [0.15, 0.2) is 0 Å². The fraction of sp³-hybridized carbons (Fsp3) is 0.824. The van der Waals surface area contributed by atoms with E-state index in [1.807, 2.05) is 13.8 Å². The number of unbranched alkanes of at least 4 members (excludes halogenated alkanes) is 7. The molecular weight excluding hydrogens is 622 g/mol. The highest BCUT2D eigenvalue weighted by molar-refractivity contribution is 5.96. The molecule has 1 saturated heterocycles. The number of carbonyl (C=O) groups is 6. The van der Waals surface area contributed by atoms with E-state index in [1.165, 1.54) is 31.2 Å². The zero-order chi connectivity index (χ0) is 36.2. The van der Waals surface area contributed by atoms with Crippen LogP contribution in [0.1, 0.15) is 112 Å². The number of hydrogen-bond acceptors (Lipinski definition) is 9. The van der Waals surface area contributed by atoms with Crippen molar-refractivity contribution < 1.29 is 43.7 Å². The van der Waals surface area contributed by atoms with E-state index in [1.54, 1.807) is 13.8 Å². The summed E-state index contributed by atoms with van der Waals surface area (Å²) in [4.78, 5) is 80.9. The summed E-state index contributed by atoms with van der Waals surface area (Å²) in [6, 6.07) is -5.06. The van der Waals surface area contributed by atoms with Gasteiger partial charge in [-0.3, -0.25) is 28.8 Å².